The van der Waals surface area contributed by atoms with Crippen LogP contribution in [0.25, 0.3) is 10.4 Å². The normalized spacial score (nSPS) is 14.7. The molecule has 12 heteroatoms. The SMILES string of the molecule is [N-]=[N+]=NC[C@@H]1C(=O)N(CI)c2ccc(Nc3cccc(C(=O)N=O)c3)nc2N1Cc1ccccc1. The minimum atomic E-state index is -0.863. The summed E-state index contributed by atoms with van der Waals surface area (Å²) in [5, 5.41) is 9.28. The van der Waals surface area contributed by atoms with E-state index in [9.17, 15) is 14.5 Å². The van der Waals surface area contributed by atoms with Gasteiger partial charge in [0.25, 0.3) is 5.91 Å². The number of carbonyl (C=O) groups excluding carboxylic acids is 2. The average Bonchev–Trinajstić information content (AvgIpc) is 2.89. The highest BCUT2D eigenvalue weighted by atomic mass is 127. The third-order valence-corrected chi connectivity index (χ3v) is 6.12. The molecular weight excluding hydrogens is 563 g/mol. The molecule has 0 unspecified atom stereocenters. The number of benzene rings is 2. The summed E-state index contributed by atoms with van der Waals surface area (Å²) in [7, 11) is 0. The Hall–Kier alpha value is -4.03. The zero-order chi connectivity index (χ0) is 24.8. The van der Waals surface area contributed by atoms with E-state index in [1.54, 1.807) is 29.2 Å². The van der Waals surface area contributed by atoms with Gasteiger partial charge in [0.05, 0.1) is 16.8 Å². The van der Waals surface area contributed by atoms with Gasteiger partial charge < -0.3 is 10.2 Å². The number of hydrogen-bond donors (Lipinski definition) is 1. The number of nitrogens with zero attached hydrogens (tertiary/aromatic N) is 7. The standard InChI is InChI=1S/C23H19IN8O3/c24-14-32-18-9-10-20(27-17-8-4-7-16(11-17)22(33)29-35)28-21(18)31(13-15-5-2-1-3-6-15)19(23(32)34)12-26-30-25/h1-11,19H,12-14H2,(H,27,28)/t19-/m1/s1. The Balaban J connectivity index is 1.76. The molecule has 0 saturated heterocycles. The van der Waals surface area contributed by atoms with Crippen LogP contribution >= 0.6 is 22.6 Å². The molecule has 1 aliphatic heterocycles. The molecule has 1 aliphatic rings. The molecule has 35 heavy (non-hydrogen) atoms. The smallest absolute Gasteiger partial charge is 0.316 e. The van der Waals surface area contributed by atoms with Gasteiger partial charge >= 0.3 is 5.91 Å². The molecule has 0 spiro atoms. The molecule has 0 radical (unpaired) electrons. The van der Waals surface area contributed by atoms with Gasteiger partial charge in [0.2, 0.25) is 0 Å². The van der Waals surface area contributed by atoms with Gasteiger partial charge in [-0.05, 0) is 41.4 Å². The minimum absolute atomic E-state index is 0.0447. The first-order valence-corrected chi connectivity index (χ1v) is 12.0. The van der Waals surface area contributed by atoms with Crippen molar-refractivity contribution in [2.24, 2.45) is 10.3 Å². The number of hydrogen-bond acceptors (Lipinski definition) is 7. The van der Waals surface area contributed by atoms with Gasteiger partial charge in [-0.1, -0.05) is 64.1 Å². The molecule has 11 nitrogen and oxygen atoms in total. The molecule has 2 amide bonds. The van der Waals surface area contributed by atoms with Gasteiger partial charge in [0.1, 0.15) is 11.9 Å². The van der Waals surface area contributed by atoms with Crippen molar-refractivity contribution < 1.29 is 9.59 Å². The predicted octanol–water partition coefficient (Wildman–Crippen LogP) is 5.16. The lowest BCUT2D eigenvalue weighted by molar-refractivity contribution is -0.119. The number of alkyl halides is 1. The third kappa shape index (κ3) is 5.23. The fourth-order valence-corrected chi connectivity index (χ4v) is 4.53. The van der Waals surface area contributed by atoms with Gasteiger partial charge in [0.15, 0.2) is 5.82 Å². The Bertz CT molecular complexity index is 1310. The summed E-state index contributed by atoms with van der Waals surface area (Å²) < 4.78 is 0.396. The largest absolute Gasteiger partial charge is 0.340 e. The fraction of sp³-hybridized carbons (Fsp3) is 0.174. The highest BCUT2D eigenvalue weighted by molar-refractivity contribution is 14.1. The van der Waals surface area contributed by atoms with E-state index in [1.807, 2.05) is 35.2 Å². The summed E-state index contributed by atoms with van der Waals surface area (Å²) in [4.78, 5) is 46.7. The Morgan fingerprint density at radius 1 is 1.14 bits per heavy atom. The van der Waals surface area contributed by atoms with Crippen molar-refractivity contribution in [3.05, 3.63) is 93.2 Å². The molecule has 3 aromatic rings. The van der Waals surface area contributed by atoms with Crippen LogP contribution in [0.5, 0.6) is 0 Å². The highest BCUT2D eigenvalue weighted by Crippen LogP contribution is 2.37. The summed E-state index contributed by atoms with van der Waals surface area (Å²) in [6.07, 6.45) is 0. The van der Waals surface area contributed by atoms with Crippen LogP contribution in [0.2, 0.25) is 0 Å². The molecule has 0 bridgehead atoms. The van der Waals surface area contributed by atoms with Crippen LogP contribution in [0, 0.1) is 4.91 Å². The lowest BCUT2D eigenvalue weighted by Gasteiger charge is -2.41. The predicted molar refractivity (Wildman–Crippen MR) is 141 cm³/mol. The second-order valence-corrected chi connectivity index (χ2v) is 8.25. The number of pyridine rings is 1. The molecular formula is C23H19IN8O3. The number of rotatable bonds is 8. The van der Waals surface area contributed by atoms with Gasteiger partial charge in [-0.15, -0.1) is 4.91 Å². The lowest BCUT2D eigenvalue weighted by atomic mass is 10.1. The topological polar surface area (TPSA) is 144 Å². The number of halogens is 1. The van der Waals surface area contributed by atoms with Gasteiger partial charge in [-0.25, -0.2) is 4.98 Å². The second-order valence-electron chi connectivity index (χ2n) is 7.57. The fourth-order valence-electron chi connectivity index (χ4n) is 3.82. The number of fused-ring (bicyclic) bond motifs is 1. The highest BCUT2D eigenvalue weighted by Gasteiger charge is 2.38. The van der Waals surface area contributed by atoms with Crippen LogP contribution in [0.4, 0.5) is 23.0 Å². The van der Waals surface area contributed by atoms with Crippen molar-refractivity contribution >= 4 is 57.4 Å². The summed E-state index contributed by atoms with van der Waals surface area (Å²) in [6.45, 7) is 0.336. The zero-order valence-corrected chi connectivity index (χ0v) is 20.4. The van der Waals surface area contributed by atoms with Crippen LogP contribution in [0.15, 0.2) is 77.0 Å². The minimum Gasteiger partial charge on any atom is -0.340 e. The van der Waals surface area contributed by atoms with Gasteiger partial charge in [-0.3, -0.25) is 14.5 Å². The zero-order valence-electron chi connectivity index (χ0n) is 18.3. The molecule has 0 saturated carbocycles. The van der Waals surface area contributed by atoms with Crippen molar-refractivity contribution in [1.82, 2.24) is 4.98 Å². The summed E-state index contributed by atoms with van der Waals surface area (Å²) in [5.41, 5.74) is 11.2. The Morgan fingerprint density at radius 2 is 1.94 bits per heavy atom. The van der Waals surface area contributed by atoms with E-state index in [-0.39, 0.29) is 18.0 Å². The molecule has 2 heterocycles. The van der Waals surface area contributed by atoms with Crippen molar-refractivity contribution in [2.75, 3.05) is 26.2 Å². The third-order valence-electron chi connectivity index (χ3n) is 5.44. The summed E-state index contributed by atoms with van der Waals surface area (Å²) >= 11 is 2.11. The van der Waals surface area contributed by atoms with E-state index in [1.165, 1.54) is 12.1 Å². The average molecular weight is 582 g/mol. The number of nitroso groups, excluding NO2 is 1. The maximum atomic E-state index is 13.3. The van der Waals surface area contributed by atoms with E-state index in [0.29, 0.717) is 34.1 Å². The summed E-state index contributed by atoms with van der Waals surface area (Å²) in [5.74, 6) is -0.0192. The molecule has 0 fully saturated rings. The maximum Gasteiger partial charge on any atom is 0.316 e. The summed E-state index contributed by atoms with van der Waals surface area (Å²) in [6, 6.07) is 18.8. The van der Waals surface area contributed by atoms with Crippen LogP contribution in [0.3, 0.4) is 0 Å². The molecule has 176 valence electrons. The maximum absolute atomic E-state index is 13.3. The van der Waals surface area contributed by atoms with Crippen molar-refractivity contribution in [3.63, 3.8) is 0 Å². The van der Waals surface area contributed by atoms with Crippen LogP contribution in [-0.2, 0) is 11.3 Å². The molecule has 1 N–H and O–H groups in total. The molecule has 1 atom stereocenters. The van der Waals surface area contributed by atoms with Crippen LogP contribution < -0.4 is 15.1 Å². The lowest BCUT2D eigenvalue weighted by Crippen LogP contribution is -2.54. The molecule has 2 aromatic carbocycles. The van der Waals surface area contributed by atoms with Crippen molar-refractivity contribution in [2.45, 2.75) is 12.6 Å². The number of carbonyl (C=O) groups is 2. The Labute approximate surface area is 213 Å². The van der Waals surface area contributed by atoms with Gasteiger partial charge in [0, 0.05) is 27.9 Å². The van der Waals surface area contributed by atoms with E-state index in [0.717, 1.165) is 5.56 Å². The van der Waals surface area contributed by atoms with Gasteiger partial charge in [-0.2, -0.15) is 0 Å². The quantitative estimate of drug-likeness (QED) is 0.0740. The first-order valence-electron chi connectivity index (χ1n) is 10.5. The van der Waals surface area contributed by atoms with E-state index in [2.05, 4.69) is 43.1 Å². The number of amides is 2. The molecule has 1 aromatic heterocycles. The monoisotopic (exact) mass is 582 g/mol. The first-order chi connectivity index (χ1) is 17.0. The van der Waals surface area contributed by atoms with Crippen LogP contribution in [-0.4, -0.2) is 33.9 Å². The Morgan fingerprint density at radius 3 is 2.66 bits per heavy atom. The molecule has 0 aliphatic carbocycles. The number of nitrogens with one attached hydrogen (secondary N) is 1. The van der Waals surface area contributed by atoms with Crippen molar-refractivity contribution in [1.29, 1.82) is 0 Å². The van der Waals surface area contributed by atoms with Crippen LogP contribution in [0.1, 0.15) is 15.9 Å². The van der Waals surface area contributed by atoms with E-state index >= 15 is 0 Å². The number of anilines is 4. The first kappa shape index (κ1) is 24.1. The second kappa shape index (κ2) is 10.9. The number of aromatic nitrogens is 1. The molecule has 4 rings (SSSR count). The van der Waals surface area contributed by atoms with Crippen molar-refractivity contribution in [3.8, 4) is 0 Å². The van der Waals surface area contributed by atoms with E-state index < -0.39 is 11.9 Å². The number of azide groups is 1. The Kier molecular flexibility index (Phi) is 7.53. The van der Waals surface area contributed by atoms with E-state index in [4.69, 9.17) is 10.5 Å².